The van der Waals surface area contributed by atoms with Gasteiger partial charge in [-0.15, -0.1) is 0 Å². The molecule has 0 aliphatic carbocycles. The van der Waals surface area contributed by atoms with Crippen molar-refractivity contribution in [1.29, 1.82) is 0 Å². The summed E-state index contributed by atoms with van der Waals surface area (Å²) in [6.45, 7) is 0. The van der Waals surface area contributed by atoms with E-state index in [0.29, 0.717) is 0 Å². The first kappa shape index (κ1) is 10.6. The maximum Gasteiger partial charge on any atom is 0.320 e. The third-order valence-electron chi connectivity index (χ3n) is 1.10. The monoisotopic (exact) mass is 272 g/mol. The Hall–Kier alpha value is -0.370. The molecule has 5 nitrogen and oxygen atoms in total. The van der Waals surface area contributed by atoms with Crippen molar-refractivity contribution < 1.29 is 14.7 Å². The van der Waals surface area contributed by atoms with Crippen LogP contribution in [-0.4, -0.2) is 23.0 Å². The van der Waals surface area contributed by atoms with E-state index in [4.69, 9.17) is 10.8 Å². The van der Waals surface area contributed by atoms with E-state index < -0.39 is 12.0 Å². The second-order valence-electron chi connectivity index (χ2n) is 2.00. The predicted octanol–water partition coefficient (Wildman–Crippen LogP) is -0.355. The van der Waals surface area contributed by atoms with Gasteiger partial charge in [-0.05, 0) is 6.42 Å². The number of hydrogen-bond acceptors (Lipinski definition) is 3. The smallest absolute Gasteiger partial charge is 0.320 e. The zero-order chi connectivity index (χ0) is 8.85. The Kier molecular flexibility index (Phi) is 5.12. The first-order valence-electron chi connectivity index (χ1n) is 2.95. The second-order valence-corrected chi connectivity index (χ2v) is 2.54. The number of carboxylic acid groups (broad SMARTS) is 1. The minimum absolute atomic E-state index is 0.149. The number of carboxylic acids is 1. The lowest BCUT2D eigenvalue weighted by molar-refractivity contribution is -0.138. The number of halogens is 1. The molecule has 64 valence electrons. The first-order valence-corrected chi connectivity index (χ1v) is 4.03. The van der Waals surface area contributed by atoms with Crippen molar-refractivity contribution in [1.82, 2.24) is 3.53 Å². The molecule has 0 aromatic heterocycles. The van der Waals surface area contributed by atoms with Gasteiger partial charge in [-0.3, -0.25) is 13.1 Å². The van der Waals surface area contributed by atoms with Crippen molar-refractivity contribution in [2.45, 2.75) is 18.9 Å². The van der Waals surface area contributed by atoms with Crippen LogP contribution in [0.4, 0.5) is 0 Å². The highest BCUT2D eigenvalue weighted by atomic mass is 127. The summed E-state index contributed by atoms with van der Waals surface area (Å²) >= 11 is 1.69. The van der Waals surface area contributed by atoms with E-state index in [9.17, 15) is 9.59 Å². The molecule has 0 saturated carbocycles. The van der Waals surface area contributed by atoms with E-state index in [1.165, 1.54) is 0 Å². The van der Waals surface area contributed by atoms with Crippen molar-refractivity contribution in [3.8, 4) is 0 Å². The lowest BCUT2D eigenvalue weighted by Crippen LogP contribution is -2.31. The number of rotatable bonds is 4. The number of hydrogen-bond donors (Lipinski definition) is 3. The zero-order valence-electron chi connectivity index (χ0n) is 5.71. The van der Waals surface area contributed by atoms with Gasteiger partial charge in [0.1, 0.15) is 6.04 Å². The number of carbonyl (C=O) groups excluding carboxylic acids is 1. The van der Waals surface area contributed by atoms with Crippen LogP contribution < -0.4 is 9.26 Å². The number of amides is 1. The summed E-state index contributed by atoms with van der Waals surface area (Å²) in [5.41, 5.74) is 5.14. The quantitative estimate of drug-likeness (QED) is 0.481. The van der Waals surface area contributed by atoms with Crippen LogP contribution in [0.1, 0.15) is 12.8 Å². The molecule has 0 spiro atoms. The lowest BCUT2D eigenvalue weighted by atomic mass is 10.2. The number of aliphatic carboxylic acids is 1. The normalized spacial score (nSPS) is 12.2. The average Bonchev–Trinajstić information content (AvgIpc) is 1.99. The van der Waals surface area contributed by atoms with Crippen molar-refractivity contribution in [2.75, 3.05) is 0 Å². The fourth-order valence-electron chi connectivity index (χ4n) is 0.457. The zero-order valence-corrected chi connectivity index (χ0v) is 7.87. The molecule has 0 radical (unpaired) electrons. The maximum absolute atomic E-state index is 10.6. The fraction of sp³-hybridized carbons (Fsp3) is 0.600. The lowest BCUT2D eigenvalue weighted by Gasteiger charge is -2.03. The topological polar surface area (TPSA) is 92.4 Å². The van der Waals surface area contributed by atoms with E-state index >= 15 is 0 Å². The largest absolute Gasteiger partial charge is 0.480 e. The fourth-order valence-corrected chi connectivity index (χ4v) is 0.727. The summed E-state index contributed by atoms with van der Waals surface area (Å²) in [5.74, 6) is -1.28. The van der Waals surface area contributed by atoms with Crippen LogP contribution in [0.2, 0.25) is 0 Å². The van der Waals surface area contributed by atoms with Crippen molar-refractivity contribution >= 4 is 34.7 Å². The molecule has 6 heteroatoms. The number of nitrogens with one attached hydrogen (secondary N) is 1. The van der Waals surface area contributed by atoms with Crippen LogP contribution in [0.3, 0.4) is 0 Å². The van der Waals surface area contributed by atoms with Crippen LogP contribution >= 0.6 is 22.9 Å². The van der Waals surface area contributed by atoms with Gasteiger partial charge in [0.2, 0.25) is 5.91 Å². The Balaban J connectivity index is 3.54. The SMILES string of the molecule is N[C@@H](CCC(=O)NI)C(=O)O. The van der Waals surface area contributed by atoms with Crippen molar-refractivity contribution in [3.05, 3.63) is 0 Å². The minimum Gasteiger partial charge on any atom is -0.480 e. The summed E-state index contributed by atoms with van der Waals surface area (Å²) < 4.78 is 2.34. The maximum atomic E-state index is 10.6. The van der Waals surface area contributed by atoms with Gasteiger partial charge in [0.25, 0.3) is 0 Å². The third kappa shape index (κ3) is 4.96. The summed E-state index contributed by atoms with van der Waals surface area (Å²) in [7, 11) is 0. The van der Waals surface area contributed by atoms with Crippen LogP contribution in [0.15, 0.2) is 0 Å². The van der Waals surface area contributed by atoms with E-state index in [0.717, 1.165) is 0 Å². The first-order chi connectivity index (χ1) is 5.07. The van der Waals surface area contributed by atoms with Crippen LogP contribution in [-0.2, 0) is 9.59 Å². The van der Waals surface area contributed by atoms with Crippen LogP contribution in [0.25, 0.3) is 0 Å². The van der Waals surface area contributed by atoms with Gasteiger partial charge in [-0.1, -0.05) is 0 Å². The van der Waals surface area contributed by atoms with Gasteiger partial charge in [0.05, 0.1) is 22.9 Å². The summed E-state index contributed by atoms with van der Waals surface area (Å²) in [6, 6.07) is -0.941. The van der Waals surface area contributed by atoms with Gasteiger partial charge in [-0.2, -0.15) is 0 Å². The minimum atomic E-state index is -1.08. The van der Waals surface area contributed by atoms with Crippen molar-refractivity contribution in [3.63, 3.8) is 0 Å². The van der Waals surface area contributed by atoms with E-state index in [2.05, 4.69) is 3.53 Å². The second kappa shape index (κ2) is 5.30. The molecular weight excluding hydrogens is 263 g/mol. The highest BCUT2D eigenvalue weighted by Crippen LogP contribution is 1.95. The standard InChI is InChI=1S/C5H9IN2O3/c6-8-4(9)2-1-3(7)5(10)11/h3H,1-2,7H2,(H,8,9)(H,10,11)/t3-/m0/s1. The predicted molar refractivity (Wildman–Crippen MR) is 47.0 cm³/mol. The van der Waals surface area contributed by atoms with Crippen LogP contribution in [0, 0.1) is 0 Å². The molecule has 0 aliphatic rings. The Morgan fingerprint density at radius 1 is 1.64 bits per heavy atom. The third-order valence-corrected chi connectivity index (χ3v) is 1.71. The van der Waals surface area contributed by atoms with E-state index in [1.807, 2.05) is 0 Å². The Morgan fingerprint density at radius 2 is 2.18 bits per heavy atom. The van der Waals surface area contributed by atoms with Gasteiger partial charge >= 0.3 is 5.97 Å². The number of carbonyl (C=O) groups is 2. The summed E-state index contributed by atoms with van der Waals surface area (Å²) in [6.07, 6.45) is 0.320. The molecule has 0 aromatic rings. The Bertz CT molecular complexity index is 162. The highest BCUT2D eigenvalue weighted by Gasteiger charge is 2.12. The molecule has 0 heterocycles. The summed E-state index contributed by atoms with van der Waals surface area (Å²) in [4.78, 5) is 20.7. The molecule has 0 saturated heterocycles. The molecule has 0 aliphatic heterocycles. The van der Waals surface area contributed by atoms with E-state index in [-0.39, 0.29) is 18.7 Å². The molecule has 0 aromatic carbocycles. The van der Waals surface area contributed by atoms with Gasteiger partial charge < -0.3 is 10.8 Å². The Labute approximate surface area is 77.8 Å². The van der Waals surface area contributed by atoms with Gasteiger partial charge in [-0.25, -0.2) is 0 Å². The molecule has 1 atom stereocenters. The highest BCUT2D eigenvalue weighted by molar-refractivity contribution is 14.1. The van der Waals surface area contributed by atoms with Crippen LogP contribution in [0.5, 0.6) is 0 Å². The summed E-state index contributed by atoms with van der Waals surface area (Å²) in [5, 5.41) is 8.31. The van der Waals surface area contributed by atoms with Crippen molar-refractivity contribution in [2.24, 2.45) is 5.73 Å². The molecule has 4 N–H and O–H groups in total. The molecule has 11 heavy (non-hydrogen) atoms. The average molecular weight is 272 g/mol. The van der Waals surface area contributed by atoms with Gasteiger partial charge in [0, 0.05) is 6.42 Å². The van der Waals surface area contributed by atoms with Gasteiger partial charge in [0.15, 0.2) is 0 Å². The molecule has 0 rings (SSSR count). The Morgan fingerprint density at radius 3 is 2.55 bits per heavy atom. The molecular formula is C5H9IN2O3. The molecule has 1 amide bonds. The number of nitrogens with two attached hydrogens (primary N) is 1. The molecule has 0 fully saturated rings. The van der Waals surface area contributed by atoms with E-state index in [1.54, 1.807) is 22.9 Å². The molecule has 0 bridgehead atoms. The molecule has 0 unspecified atom stereocenters.